The zero-order chi connectivity index (χ0) is 8.43. The molecule has 11 heavy (non-hydrogen) atoms. The number of hydrogen-bond acceptors (Lipinski definition) is 1. The number of halogens is 3. The average molecular weight is 210 g/mol. The van der Waals surface area contributed by atoms with Gasteiger partial charge in [0, 0.05) is 6.20 Å². The molecule has 0 fully saturated rings. The van der Waals surface area contributed by atoms with Crippen molar-refractivity contribution in [2.75, 3.05) is 0 Å². The Kier molecular flexibility index (Phi) is 2.99. The molecule has 0 saturated heterocycles. The summed E-state index contributed by atoms with van der Waals surface area (Å²) in [6.45, 7) is 1.96. The second-order valence-corrected chi connectivity index (χ2v) is 3.19. The third kappa shape index (κ3) is 1.78. The van der Waals surface area contributed by atoms with Gasteiger partial charge in [-0.2, -0.15) is 0 Å². The van der Waals surface area contributed by atoms with Crippen molar-refractivity contribution in [1.29, 1.82) is 0 Å². The molecular formula is C7H6Cl3N. The van der Waals surface area contributed by atoms with Crippen LogP contribution in [0.4, 0.5) is 0 Å². The van der Waals surface area contributed by atoms with Gasteiger partial charge in [0.25, 0.3) is 0 Å². The number of aromatic nitrogens is 1. The number of rotatable bonds is 1. The summed E-state index contributed by atoms with van der Waals surface area (Å²) in [7, 11) is 0. The molecule has 1 aromatic heterocycles. The maximum atomic E-state index is 5.82. The summed E-state index contributed by atoms with van der Waals surface area (Å²) in [5, 5.41) is 1.34. The average Bonchev–Trinajstić information content (AvgIpc) is 1.99. The van der Waals surface area contributed by atoms with Crippen LogP contribution in [0.1, 0.15) is 12.5 Å². The molecule has 1 heterocycles. The summed E-state index contributed by atoms with van der Waals surface area (Å²) >= 11 is 17.3. The maximum Gasteiger partial charge on any atom is 0.147 e. The van der Waals surface area contributed by atoms with Crippen molar-refractivity contribution in [2.45, 2.75) is 13.3 Å². The molecule has 0 atom stereocenters. The lowest BCUT2D eigenvalue weighted by Crippen LogP contribution is -1.87. The molecule has 0 aromatic carbocycles. The van der Waals surface area contributed by atoms with Crippen molar-refractivity contribution in [3.63, 3.8) is 0 Å². The standard InChI is InChI=1S/C7H6Cl3N/c1-2-4-5(8)3-11-7(10)6(4)9/h3H,2H2,1H3. The Hall–Kier alpha value is 0.0200. The Morgan fingerprint density at radius 3 is 2.45 bits per heavy atom. The van der Waals surface area contributed by atoms with Gasteiger partial charge in [0.1, 0.15) is 5.15 Å². The quantitative estimate of drug-likeness (QED) is 0.646. The van der Waals surface area contributed by atoms with Crippen LogP contribution in [0, 0.1) is 0 Å². The lowest BCUT2D eigenvalue weighted by Gasteiger charge is -2.03. The summed E-state index contributed by atoms with van der Waals surface area (Å²) in [5.41, 5.74) is 0.855. The monoisotopic (exact) mass is 209 g/mol. The summed E-state index contributed by atoms with van der Waals surface area (Å²) in [5.74, 6) is 0. The first-order chi connectivity index (χ1) is 5.16. The highest BCUT2D eigenvalue weighted by molar-refractivity contribution is 6.43. The molecule has 0 aliphatic rings. The van der Waals surface area contributed by atoms with E-state index in [0.29, 0.717) is 15.2 Å². The highest BCUT2D eigenvalue weighted by Gasteiger charge is 2.07. The lowest BCUT2D eigenvalue weighted by atomic mass is 10.2. The van der Waals surface area contributed by atoms with Crippen molar-refractivity contribution >= 4 is 34.8 Å². The Balaban J connectivity index is 3.29. The van der Waals surface area contributed by atoms with Crippen molar-refractivity contribution in [3.05, 3.63) is 27.0 Å². The minimum absolute atomic E-state index is 0.313. The van der Waals surface area contributed by atoms with Crippen LogP contribution in [-0.2, 0) is 6.42 Å². The van der Waals surface area contributed by atoms with Crippen LogP contribution in [0.15, 0.2) is 6.20 Å². The highest BCUT2D eigenvalue weighted by Crippen LogP contribution is 2.29. The van der Waals surface area contributed by atoms with Crippen LogP contribution >= 0.6 is 34.8 Å². The molecule has 60 valence electrons. The minimum atomic E-state index is 0.313. The Labute approximate surface area is 80.3 Å². The normalized spacial score (nSPS) is 10.2. The molecule has 1 rings (SSSR count). The Morgan fingerprint density at radius 2 is 2.00 bits per heavy atom. The van der Waals surface area contributed by atoms with Crippen molar-refractivity contribution in [3.8, 4) is 0 Å². The molecule has 0 radical (unpaired) electrons. The third-order valence-corrected chi connectivity index (χ3v) is 2.50. The van der Waals surface area contributed by atoms with Gasteiger partial charge in [-0.15, -0.1) is 0 Å². The molecule has 0 saturated carbocycles. The molecule has 1 nitrogen and oxygen atoms in total. The second kappa shape index (κ2) is 3.61. The number of nitrogens with zero attached hydrogens (tertiary/aromatic N) is 1. The molecule has 0 aliphatic carbocycles. The van der Waals surface area contributed by atoms with Gasteiger partial charge in [0.05, 0.1) is 10.0 Å². The van der Waals surface area contributed by atoms with E-state index in [-0.39, 0.29) is 0 Å². The van der Waals surface area contributed by atoms with E-state index in [2.05, 4.69) is 4.98 Å². The maximum absolute atomic E-state index is 5.82. The van der Waals surface area contributed by atoms with Gasteiger partial charge in [-0.3, -0.25) is 0 Å². The fourth-order valence-electron chi connectivity index (χ4n) is 0.801. The van der Waals surface area contributed by atoms with Gasteiger partial charge < -0.3 is 0 Å². The van der Waals surface area contributed by atoms with Crippen LogP contribution in [0.5, 0.6) is 0 Å². The zero-order valence-corrected chi connectivity index (χ0v) is 8.13. The second-order valence-electron chi connectivity index (χ2n) is 2.04. The summed E-state index contributed by atoms with van der Waals surface area (Å²) in [6.07, 6.45) is 2.27. The van der Waals surface area contributed by atoms with Crippen LogP contribution in [-0.4, -0.2) is 4.98 Å². The molecular weight excluding hydrogens is 204 g/mol. The molecule has 4 heteroatoms. The largest absolute Gasteiger partial charge is 0.241 e. The predicted octanol–water partition coefficient (Wildman–Crippen LogP) is 3.60. The number of pyridine rings is 1. The van der Waals surface area contributed by atoms with E-state index in [4.69, 9.17) is 34.8 Å². The topological polar surface area (TPSA) is 12.9 Å². The van der Waals surface area contributed by atoms with E-state index < -0.39 is 0 Å². The molecule has 0 bridgehead atoms. The first kappa shape index (κ1) is 9.11. The molecule has 0 aliphatic heterocycles. The highest BCUT2D eigenvalue weighted by atomic mass is 35.5. The van der Waals surface area contributed by atoms with Gasteiger partial charge >= 0.3 is 0 Å². The van der Waals surface area contributed by atoms with Gasteiger partial charge in [-0.1, -0.05) is 41.7 Å². The summed E-state index contributed by atoms with van der Waals surface area (Å²) in [6, 6.07) is 0. The SMILES string of the molecule is CCc1c(Cl)cnc(Cl)c1Cl. The van der Waals surface area contributed by atoms with Gasteiger partial charge in [0.2, 0.25) is 0 Å². The van der Waals surface area contributed by atoms with Crippen molar-refractivity contribution < 1.29 is 0 Å². The number of hydrogen-bond donors (Lipinski definition) is 0. The molecule has 0 N–H and O–H groups in total. The minimum Gasteiger partial charge on any atom is -0.241 e. The van der Waals surface area contributed by atoms with Crippen molar-refractivity contribution in [1.82, 2.24) is 4.98 Å². The van der Waals surface area contributed by atoms with Crippen LogP contribution in [0.3, 0.4) is 0 Å². The molecule has 0 amide bonds. The Bertz CT molecular complexity index is 273. The van der Waals surface area contributed by atoms with Gasteiger partial charge in [0.15, 0.2) is 0 Å². The molecule has 0 spiro atoms. The van der Waals surface area contributed by atoms with Crippen LogP contribution < -0.4 is 0 Å². The molecule has 1 aromatic rings. The van der Waals surface area contributed by atoms with Gasteiger partial charge in [-0.05, 0) is 12.0 Å². The summed E-state index contributed by atoms with van der Waals surface area (Å²) < 4.78 is 0. The smallest absolute Gasteiger partial charge is 0.147 e. The third-order valence-electron chi connectivity index (χ3n) is 1.38. The van der Waals surface area contributed by atoms with Gasteiger partial charge in [-0.25, -0.2) is 4.98 Å². The fourth-order valence-corrected chi connectivity index (χ4v) is 1.57. The first-order valence-electron chi connectivity index (χ1n) is 3.15. The summed E-state index contributed by atoms with van der Waals surface area (Å²) in [4.78, 5) is 3.79. The van der Waals surface area contributed by atoms with E-state index in [1.54, 1.807) is 0 Å². The fraction of sp³-hybridized carbons (Fsp3) is 0.286. The lowest BCUT2D eigenvalue weighted by molar-refractivity contribution is 1.12. The molecule has 0 unspecified atom stereocenters. The van der Waals surface area contributed by atoms with E-state index in [9.17, 15) is 0 Å². The first-order valence-corrected chi connectivity index (χ1v) is 4.28. The van der Waals surface area contributed by atoms with Crippen LogP contribution in [0.25, 0.3) is 0 Å². The van der Waals surface area contributed by atoms with Crippen molar-refractivity contribution in [2.24, 2.45) is 0 Å². The zero-order valence-electron chi connectivity index (χ0n) is 5.87. The van der Waals surface area contributed by atoms with E-state index in [1.807, 2.05) is 6.92 Å². The predicted molar refractivity (Wildman–Crippen MR) is 48.6 cm³/mol. The van der Waals surface area contributed by atoms with E-state index in [0.717, 1.165) is 12.0 Å². The van der Waals surface area contributed by atoms with Crippen LogP contribution in [0.2, 0.25) is 15.2 Å². The Morgan fingerprint density at radius 1 is 1.36 bits per heavy atom. The van der Waals surface area contributed by atoms with E-state index in [1.165, 1.54) is 6.20 Å². The van der Waals surface area contributed by atoms with E-state index >= 15 is 0 Å².